The van der Waals surface area contributed by atoms with Gasteiger partial charge < -0.3 is 14.7 Å². The van der Waals surface area contributed by atoms with Crippen molar-refractivity contribution >= 4 is 17.2 Å². The van der Waals surface area contributed by atoms with Crippen molar-refractivity contribution < 1.29 is 19.0 Å². The van der Waals surface area contributed by atoms with Crippen molar-refractivity contribution in [2.45, 2.75) is 32.7 Å². The highest BCUT2D eigenvalue weighted by atomic mass is 32.1. The quantitative estimate of drug-likeness (QED) is 0.452. The highest BCUT2D eigenvalue weighted by Crippen LogP contribution is 2.33. The number of hydrogen-bond donors (Lipinski definition) is 1. The molecule has 1 saturated heterocycles. The van der Waals surface area contributed by atoms with Crippen LogP contribution in [0.25, 0.3) is 10.7 Å². The Bertz CT molecular complexity index is 1120. The van der Waals surface area contributed by atoms with Crippen LogP contribution in [0.3, 0.4) is 0 Å². The summed E-state index contributed by atoms with van der Waals surface area (Å²) in [4.78, 5) is 18.3. The summed E-state index contributed by atoms with van der Waals surface area (Å²) in [5.74, 6) is 1.24. The van der Waals surface area contributed by atoms with Crippen LogP contribution in [0, 0.1) is 12.1 Å². The van der Waals surface area contributed by atoms with Gasteiger partial charge in [-0.3, -0.25) is 9.80 Å². The maximum Gasteiger partial charge on any atom is 0.279 e. The van der Waals surface area contributed by atoms with Crippen molar-refractivity contribution in [2.75, 3.05) is 20.3 Å². The summed E-state index contributed by atoms with van der Waals surface area (Å²) in [6, 6.07) is 11.0. The van der Waals surface area contributed by atoms with Gasteiger partial charge in [0.25, 0.3) is 11.6 Å². The number of ether oxygens (including phenoxy) is 2. The molecule has 32 heavy (non-hydrogen) atoms. The predicted molar refractivity (Wildman–Crippen MR) is 122 cm³/mol. The zero-order chi connectivity index (χ0) is 22.7. The van der Waals surface area contributed by atoms with Crippen molar-refractivity contribution in [2.24, 2.45) is 0 Å². The molecule has 0 saturated carbocycles. The summed E-state index contributed by atoms with van der Waals surface area (Å²) in [5.41, 5.74) is 5.45. The smallest absolute Gasteiger partial charge is 0.279 e. The van der Waals surface area contributed by atoms with Crippen LogP contribution < -0.4 is 19.6 Å². The molecule has 168 valence electrons. The standard InChI is InChI=1S/C23H26N4O4S/c1-4-31-20-14-16(10-11-19(20)30-3)17-8-7-12-26(25-17)23(28)21-15(2)24-22(32-21)18-9-5-6-13-27(18)29/h5-6,9-11,13-14,17,25H,4,7-8,12H2,1-3H3. The van der Waals surface area contributed by atoms with Gasteiger partial charge in [-0.1, -0.05) is 6.07 Å². The van der Waals surface area contributed by atoms with Gasteiger partial charge in [0.1, 0.15) is 4.88 Å². The first-order chi connectivity index (χ1) is 15.5. The van der Waals surface area contributed by atoms with Gasteiger partial charge in [0.2, 0.25) is 0 Å². The van der Waals surface area contributed by atoms with Crippen LogP contribution in [-0.2, 0) is 0 Å². The number of hydrogen-bond acceptors (Lipinski definition) is 7. The fourth-order valence-corrected chi connectivity index (χ4v) is 4.80. The Morgan fingerprint density at radius 2 is 2.19 bits per heavy atom. The molecule has 8 nitrogen and oxygen atoms in total. The van der Waals surface area contributed by atoms with E-state index >= 15 is 0 Å². The molecule has 1 amide bonds. The van der Waals surface area contributed by atoms with E-state index < -0.39 is 0 Å². The van der Waals surface area contributed by atoms with Gasteiger partial charge in [-0.2, -0.15) is 4.73 Å². The SMILES string of the molecule is CCOc1cc(C2CCCN(C(=O)c3sc(-c4cccc[n+]4[O-])nc3C)N2)ccc1OC. The molecule has 1 unspecified atom stereocenters. The van der Waals surface area contributed by atoms with E-state index in [1.54, 1.807) is 37.2 Å². The number of carbonyl (C=O) groups is 1. The second-order valence-electron chi connectivity index (χ2n) is 7.47. The molecule has 1 fully saturated rings. The maximum atomic E-state index is 13.3. The Labute approximate surface area is 191 Å². The first kappa shape index (κ1) is 22.0. The molecule has 1 N–H and O–H groups in total. The molecule has 9 heteroatoms. The molecule has 0 bridgehead atoms. The lowest BCUT2D eigenvalue weighted by molar-refractivity contribution is -0.593. The second-order valence-corrected chi connectivity index (χ2v) is 8.47. The lowest BCUT2D eigenvalue weighted by Crippen LogP contribution is -2.48. The van der Waals surface area contributed by atoms with Gasteiger partial charge in [-0.05, 0) is 50.5 Å². The molecule has 3 aromatic rings. The first-order valence-electron chi connectivity index (χ1n) is 10.6. The van der Waals surface area contributed by atoms with Crippen LogP contribution >= 0.6 is 11.3 Å². The van der Waals surface area contributed by atoms with Gasteiger partial charge in [0, 0.05) is 18.7 Å². The molecule has 1 aliphatic heterocycles. The van der Waals surface area contributed by atoms with Crippen molar-refractivity contribution in [3.05, 3.63) is 63.9 Å². The van der Waals surface area contributed by atoms with Crippen LogP contribution in [-0.4, -0.2) is 36.2 Å². The number of carbonyl (C=O) groups excluding carboxylic acids is 1. The van der Waals surface area contributed by atoms with E-state index in [0.717, 1.165) is 23.1 Å². The van der Waals surface area contributed by atoms with E-state index in [0.29, 0.717) is 45.9 Å². The van der Waals surface area contributed by atoms with E-state index in [1.807, 2.05) is 25.1 Å². The number of nitrogens with zero attached hydrogens (tertiary/aromatic N) is 3. The third kappa shape index (κ3) is 4.39. The number of nitrogens with one attached hydrogen (secondary N) is 1. The average molecular weight is 455 g/mol. The van der Waals surface area contributed by atoms with Gasteiger partial charge >= 0.3 is 0 Å². The summed E-state index contributed by atoms with van der Waals surface area (Å²) < 4.78 is 11.8. The molecule has 2 aromatic heterocycles. The largest absolute Gasteiger partial charge is 0.618 e. The number of aromatic nitrogens is 2. The number of benzene rings is 1. The zero-order valence-corrected chi connectivity index (χ0v) is 19.1. The number of amides is 1. The van der Waals surface area contributed by atoms with Gasteiger partial charge in [-0.15, -0.1) is 11.3 Å². The number of rotatable bonds is 6. The summed E-state index contributed by atoms with van der Waals surface area (Å²) in [7, 11) is 1.62. The third-order valence-corrected chi connectivity index (χ3v) is 6.52. The van der Waals surface area contributed by atoms with E-state index in [2.05, 4.69) is 10.4 Å². The molecule has 0 radical (unpaired) electrons. The zero-order valence-electron chi connectivity index (χ0n) is 18.3. The van der Waals surface area contributed by atoms with Crippen molar-refractivity contribution in [3.63, 3.8) is 0 Å². The monoisotopic (exact) mass is 454 g/mol. The van der Waals surface area contributed by atoms with Crippen LogP contribution in [0.5, 0.6) is 11.5 Å². The maximum absolute atomic E-state index is 13.3. The van der Waals surface area contributed by atoms with Gasteiger partial charge in [0.05, 0.1) is 25.5 Å². The number of pyridine rings is 1. The average Bonchev–Trinajstić information content (AvgIpc) is 3.20. The predicted octanol–water partition coefficient (Wildman–Crippen LogP) is 3.64. The lowest BCUT2D eigenvalue weighted by atomic mass is 10.00. The molecule has 3 heterocycles. The number of methoxy groups -OCH3 is 1. The fraction of sp³-hybridized carbons (Fsp3) is 0.348. The number of thiazole rings is 1. The highest BCUT2D eigenvalue weighted by Gasteiger charge is 2.29. The third-order valence-electron chi connectivity index (χ3n) is 5.36. The van der Waals surface area contributed by atoms with Gasteiger partial charge in [-0.25, -0.2) is 10.4 Å². The second kappa shape index (κ2) is 9.54. The summed E-state index contributed by atoms with van der Waals surface area (Å²) in [5, 5.41) is 14.3. The Hall–Kier alpha value is -3.17. The molecule has 1 aromatic carbocycles. The molecule has 1 aliphatic rings. The minimum Gasteiger partial charge on any atom is -0.618 e. The highest BCUT2D eigenvalue weighted by molar-refractivity contribution is 7.17. The molecule has 0 aliphatic carbocycles. The van der Waals surface area contributed by atoms with Crippen LogP contribution in [0.15, 0.2) is 42.6 Å². The fourth-order valence-electron chi connectivity index (χ4n) is 3.77. The Kier molecular flexibility index (Phi) is 6.57. The summed E-state index contributed by atoms with van der Waals surface area (Å²) in [6.45, 7) is 4.87. The van der Waals surface area contributed by atoms with E-state index in [-0.39, 0.29) is 11.9 Å². The van der Waals surface area contributed by atoms with Crippen LogP contribution in [0.2, 0.25) is 0 Å². The first-order valence-corrected chi connectivity index (χ1v) is 11.4. The van der Waals surface area contributed by atoms with Crippen molar-refractivity contribution in [3.8, 4) is 22.2 Å². The lowest BCUT2D eigenvalue weighted by Gasteiger charge is -2.34. The number of hydrazine groups is 1. The Morgan fingerprint density at radius 1 is 1.34 bits per heavy atom. The van der Waals surface area contributed by atoms with E-state index in [4.69, 9.17) is 9.47 Å². The van der Waals surface area contributed by atoms with E-state index in [1.165, 1.54) is 17.5 Å². The minimum atomic E-state index is -0.136. The number of aryl methyl sites for hydroxylation is 1. The topological polar surface area (TPSA) is 90.6 Å². The molecular formula is C23H26N4O4S. The Morgan fingerprint density at radius 3 is 2.94 bits per heavy atom. The van der Waals surface area contributed by atoms with Crippen LogP contribution in [0.4, 0.5) is 0 Å². The molecular weight excluding hydrogens is 428 g/mol. The minimum absolute atomic E-state index is 0.0246. The molecule has 4 rings (SSSR count). The molecule has 0 spiro atoms. The van der Waals surface area contributed by atoms with E-state index in [9.17, 15) is 10.0 Å². The van der Waals surface area contributed by atoms with Gasteiger partial charge in [0.15, 0.2) is 22.7 Å². The summed E-state index contributed by atoms with van der Waals surface area (Å²) in [6.07, 6.45) is 3.19. The summed E-state index contributed by atoms with van der Waals surface area (Å²) >= 11 is 1.24. The normalized spacial score (nSPS) is 16.1. The van der Waals surface area contributed by atoms with Crippen LogP contribution in [0.1, 0.15) is 46.7 Å². The Balaban J connectivity index is 1.55. The van der Waals surface area contributed by atoms with Crippen molar-refractivity contribution in [1.29, 1.82) is 0 Å². The van der Waals surface area contributed by atoms with Crippen molar-refractivity contribution in [1.82, 2.24) is 15.4 Å². The molecule has 1 atom stereocenters.